The summed E-state index contributed by atoms with van der Waals surface area (Å²) in [6.45, 7) is 6.42. The Morgan fingerprint density at radius 3 is 1.03 bits per heavy atom. The predicted molar refractivity (Wildman–Crippen MR) is 261 cm³/mol. The van der Waals surface area contributed by atoms with Crippen LogP contribution in [0.15, 0.2) is 85.1 Å². The Bertz CT molecular complexity index is 1200. The van der Waals surface area contributed by atoms with Gasteiger partial charge in [0.05, 0.1) is 0 Å². The van der Waals surface area contributed by atoms with Crippen LogP contribution < -0.4 is 0 Å². The van der Waals surface area contributed by atoms with Gasteiger partial charge in [-0.3, -0.25) is 14.4 Å². The zero-order chi connectivity index (χ0) is 44.4. The number of rotatable bonds is 44. The van der Waals surface area contributed by atoms with Gasteiger partial charge >= 0.3 is 17.9 Å². The summed E-state index contributed by atoms with van der Waals surface area (Å²) in [5.74, 6) is -0.950. The highest BCUT2D eigenvalue weighted by molar-refractivity contribution is 5.71. The zero-order valence-corrected chi connectivity index (χ0v) is 39.7. The fraction of sp³-hybridized carbons (Fsp3) is 0.691. The third-order valence-corrected chi connectivity index (χ3v) is 10.4. The van der Waals surface area contributed by atoms with E-state index in [1.165, 1.54) is 70.6 Å². The van der Waals surface area contributed by atoms with E-state index in [1.807, 2.05) is 0 Å². The number of hydrogen-bond donors (Lipinski definition) is 0. The standard InChI is InChI=1S/C55H92O6/c1-4-7-10-13-16-19-22-25-26-27-28-29-30-31-34-36-39-42-45-48-54(57)60-51-52(61-55(58)49-46-43-40-37-33-24-21-18-15-12-9-6-3)50-59-53(56)47-44-41-38-35-32-23-20-17-14-11-8-5-2/h7,10,16-21,25-26,28-29,31,34,52H,4-6,8-9,11-15,22-24,27,30,32-33,35-51H2,1-3H3/b10-7-,19-16-,20-17-,21-18-,26-25-,29-28-,34-31-. The lowest BCUT2D eigenvalue weighted by Crippen LogP contribution is -2.30. The topological polar surface area (TPSA) is 78.9 Å². The van der Waals surface area contributed by atoms with Crippen LogP contribution in [0.3, 0.4) is 0 Å². The van der Waals surface area contributed by atoms with Gasteiger partial charge in [-0.15, -0.1) is 0 Å². The van der Waals surface area contributed by atoms with Gasteiger partial charge in [0.1, 0.15) is 13.2 Å². The molecule has 0 fully saturated rings. The molecule has 1 atom stereocenters. The molecule has 61 heavy (non-hydrogen) atoms. The molecule has 0 aromatic carbocycles. The molecule has 0 spiro atoms. The van der Waals surface area contributed by atoms with E-state index in [9.17, 15) is 14.4 Å². The minimum absolute atomic E-state index is 0.0956. The van der Waals surface area contributed by atoms with E-state index in [1.54, 1.807) is 0 Å². The molecule has 6 heteroatoms. The first-order valence-corrected chi connectivity index (χ1v) is 25.1. The average Bonchev–Trinajstić information content (AvgIpc) is 3.26. The Balaban J connectivity index is 4.44. The van der Waals surface area contributed by atoms with Crippen LogP contribution in [0, 0.1) is 0 Å². The Kier molecular flexibility index (Phi) is 46.5. The molecule has 0 aliphatic heterocycles. The number of carbonyl (C=O) groups excluding carboxylic acids is 3. The summed E-state index contributed by atoms with van der Waals surface area (Å²) >= 11 is 0. The lowest BCUT2D eigenvalue weighted by Gasteiger charge is -2.18. The van der Waals surface area contributed by atoms with Crippen molar-refractivity contribution in [2.75, 3.05) is 13.2 Å². The van der Waals surface area contributed by atoms with E-state index in [-0.39, 0.29) is 31.1 Å². The van der Waals surface area contributed by atoms with Gasteiger partial charge in [0, 0.05) is 19.3 Å². The fourth-order valence-corrected chi connectivity index (χ4v) is 6.57. The van der Waals surface area contributed by atoms with Crippen molar-refractivity contribution in [3.63, 3.8) is 0 Å². The second-order valence-corrected chi connectivity index (χ2v) is 16.3. The highest BCUT2D eigenvalue weighted by Gasteiger charge is 2.19. The molecule has 6 nitrogen and oxygen atoms in total. The quantitative estimate of drug-likeness (QED) is 0.0263. The van der Waals surface area contributed by atoms with Crippen molar-refractivity contribution in [3.8, 4) is 0 Å². The first-order chi connectivity index (χ1) is 30.0. The van der Waals surface area contributed by atoms with Crippen molar-refractivity contribution >= 4 is 17.9 Å². The molecule has 0 aliphatic carbocycles. The van der Waals surface area contributed by atoms with Crippen LogP contribution in [0.4, 0.5) is 0 Å². The molecule has 0 aliphatic rings. The van der Waals surface area contributed by atoms with Crippen LogP contribution in [0.1, 0.15) is 226 Å². The van der Waals surface area contributed by atoms with Crippen molar-refractivity contribution < 1.29 is 28.6 Å². The van der Waals surface area contributed by atoms with E-state index < -0.39 is 6.10 Å². The van der Waals surface area contributed by atoms with Crippen molar-refractivity contribution in [2.45, 2.75) is 232 Å². The molecule has 0 bridgehead atoms. The molecule has 1 unspecified atom stereocenters. The highest BCUT2D eigenvalue weighted by atomic mass is 16.6. The Labute approximate surface area is 375 Å². The predicted octanol–water partition coefficient (Wildman–Crippen LogP) is 16.4. The third kappa shape index (κ3) is 47.5. The molecule has 0 radical (unpaired) electrons. The maximum Gasteiger partial charge on any atom is 0.306 e. The van der Waals surface area contributed by atoms with Crippen molar-refractivity contribution in [2.24, 2.45) is 0 Å². The van der Waals surface area contributed by atoms with E-state index >= 15 is 0 Å². The zero-order valence-electron chi connectivity index (χ0n) is 39.7. The Morgan fingerprint density at radius 1 is 0.344 bits per heavy atom. The summed E-state index contributed by atoms with van der Waals surface area (Å²) < 4.78 is 16.7. The van der Waals surface area contributed by atoms with Crippen LogP contribution in [0.5, 0.6) is 0 Å². The van der Waals surface area contributed by atoms with Gasteiger partial charge in [0.25, 0.3) is 0 Å². The minimum Gasteiger partial charge on any atom is -0.462 e. The van der Waals surface area contributed by atoms with Crippen molar-refractivity contribution in [1.29, 1.82) is 0 Å². The second kappa shape index (κ2) is 49.2. The van der Waals surface area contributed by atoms with Crippen LogP contribution in [0.2, 0.25) is 0 Å². The summed E-state index contributed by atoms with van der Waals surface area (Å²) in [7, 11) is 0. The van der Waals surface area contributed by atoms with Gasteiger partial charge < -0.3 is 14.2 Å². The number of unbranched alkanes of at least 4 members (excludes halogenated alkanes) is 19. The first kappa shape index (κ1) is 57.6. The van der Waals surface area contributed by atoms with Gasteiger partial charge in [-0.2, -0.15) is 0 Å². The molecule has 0 saturated heterocycles. The molecule has 0 aromatic rings. The van der Waals surface area contributed by atoms with E-state index in [0.29, 0.717) is 19.3 Å². The molecule has 348 valence electrons. The number of carbonyl (C=O) groups is 3. The van der Waals surface area contributed by atoms with Crippen molar-refractivity contribution in [3.05, 3.63) is 85.1 Å². The summed E-state index contributed by atoms with van der Waals surface area (Å²) in [6, 6.07) is 0. The van der Waals surface area contributed by atoms with Gasteiger partial charge in [-0.05, 0) is 116 Å². The molecular weight excluding hydrogens is 757 g/mol. The smallest absolute Gasteiger partial charge is 0.306 e. The van der Waals surface area contributed by atoms with Crippen LogP contribution in [0.25, 0.3) is 0 Å². The minimum atomic E-state index is -0.796. The average molecular weight is 849 g/mol. The van der Waals surface area contributed by atoms with E-state index in [4.69, 9.17) is 14.2 Å². The van der Waals surface area contributed by atoms with Gasteiger partial charge in [0.2, 0.25) is 0 Å². The summed E-state index contributed by atoms with van der Waals surface area (Å²) in [5.41, 5.74) is 0. The Hall–Kier alpha value is -3.41. The lowest BCUT2D eigenvalue weighted by atomic mass is 10.1. The van der Waals surface area contributed by atoms with E-state index in [2.05, 4.69) is 106 Å². The second-order valence-electron chi connectivity index (χ2n) is 16.3. The van der Waals surface area contributed by atoms with Gasteiger partial charge in [-0.25, -0.2) is 0 Å². The Morgan fingerprint density at radius 2 is 0.639 bits per heavy atom. The highest BCUT2D eigenvalue weighted by Crippen LogP contribution is 2.13. The number of allylic oxidation sites excluding steroid dienone is 14. The summed E-state index contributed by atoms with van der Waals surface area (Å²) in [5, 5.41) is 0. The molecule has 0 amide bonds. The van der Waals surface area contributed by atoms with Crippen LogP contribution >= 0.6 is 0 Å². The molecule has 0 aromatic heterocycles. The fourth-order valence-electron chi connectivity index (χ4n) is 6.57. The molecular formula is C55H92O6. The maximum absolute atomic E-state index is 12.8. The lowest BCUT2D eigenvalue weighted by molar-refractivity contribution is -0.167. The monoisotopic (exact) mass is 849 g/mol. The van der Waals surface area contributed by atoms with E-state index in [0.717, 1.165) is 116 Å². The molecule has 0 heterocycles. The first-order valence-electron chi connectivity index (χ1n) is 25.1. The number of ether oxygens (including phenoxy) is 3. The summed E-state index contributed by atoms with van der Waals surface area (Å²) in [6.07, 6.45) is 62.8. The molecule has 0 N–H and O–H groups in total. The third-order valence-electron chi connectivity index (χ3n) is 10.4. The van der Waals surface area contributed by atoms with Gasteiger partial charge in [-0.1, -0.05) is 176 Å². The number of hydrogen-bond acceptors (Lipinski definition) is 6. The van der Waals surface area contributed by atoms with Crippen LogP contribution in [-0.2, 0) is 28.6 Å². The SMILES string of the molecule is CC/C=C\C/C=C\C/C=C\C/C=C\C/C=C\CCCCCC(=O)OCC(COC(=O)CCCCCCC/C=C\CCCCC)OC(=O)CCCCCCC/C=C\CCCCC. The molecule has 0 rings (SSSR count). The summed E-state index contributed by atoms with van der Waals surface area (Å²) in [4.78, 5) is 37.9. The van der Waals surface area contributed by atoms with Crippen molar-refractivity contribution in [1.82, 2.24) is 0 Å². The molecule has 0 saturated carbocycles. The number of esters is 3. The van der Waals surface area contributed by atoms with Gasteiger partial charge in [0.15, 0.2) is 6.10 Å². The van der Waals surface area contributed by atoms with Crippen LogP contribution in [-0.4, -0.2) is 37.2 Å². The normalized spacial score (nSPS) is 12.8. The maximum atomic E-state index is 12.8. The largest absolute Gasteiger partial charge is 0.462 e.